The van der Waals surface area contributed by atoms with Crippen LogP contribution < -0.4 is 5.32 Å². The molecule has 5 heteroatoms. The lowest BCUT2D eigenvalue weighted by molar-refractivity contribution is 0.159. The Labute approximate surface area is 117 Å². The third kappa shape index (κ3) is 2.99. The van der Waals surface area contributed by atoms with Crippen LogP contribution in [-0.2, 0) is 0 Å². The van der Waals surface area contributed by atoms with Crippen molar-refractivity contribution in [2.75, 3.05) is 26.2 Å². The molecule has 3 rings (SSSR count). The Bertz CT molecular complexity index is 459. The van der Waals surface area contributed by atoms with Crippen molar-refractivity contribution in [2.45, 2.75) is 25.3 Å². The summed E-state index contributed by atoms with van der Waals surface area (Å²) in [6.07, 6.45) is 3.29. The molecule has 0 radical (unpaired) electrons. The number of hydrogen-bond acceptors (Lipinski definition) is 2. The van der Waals surface area contributed by atoms with E-state index >= 15 is 0 Å². The molecular weight excluding hydrogens is 265 g/mol. The summed E-state index contributed by atoms with van der Waals surface area (Å²) in [6.45, 7) is 3.48. The highest BCUT2D eigenvalue weighted by atomic mass is 19.2. The molecule has 2 nitrogen and oxygen atoms in total. The van der Waals surface area contributed by atoms with E-state index in [0.29, 0.717) is 11.5 Å². The number of rotatable bonds is 4. The van der Waals surface area contributed by atoms with Gasteiger partial charge in [0.2, 0.25) is 0 Å². The van der Waals surface area contributed by atoms with E-state index < -0.39 is 17.5 Å². The Morgan fingerprint density at radius 1 is 1.10 bits per heavy atom. The second-order valence-electron chi connectivity index (χ2n) is 5.78. The summed E-state index contributed by atoms with van der Waals surface area (Å²) in [5.74, 6) is -2.91. The molecule has 2 fully saturated rings. The van der Waals surface area contributed by atoms with E-state index in [2.05, 4.69) is 10.2 Å². The van der Waals surface area contributed by atoms with Gasteiger partial charge in [0.05, 0.1) is 0 Å². The molecule has 1 heterocycles. The van der Waals surface area contributed by atoms with Crippen molar-refractivity contribution in [2.24, 2.45) is 5.92 Å². The molecule has 1 saturated carbocycles. The first-order valence-electron chi connectivity index (χ1n) is 7.24. The van der Waals surface area contributed by atoms with Crippen LogP contribution in [0.15, 0.2) is 12.1 Å². The first-order valence-corrected chi connectivity index (χ1v) is 7.24. The Kier molecular flexibility index (Phi) is 3.98. The highest BCUT2D eigenvalue weighted by Gasteiger charge is 2.31. The van der Waals surface area contributed by atoms with Gasteiger partial charge in [0, 0.05) is 32.2 Å². The first-order chi connectivity index (χ1) is 9.65. The minimum Gasteiger partial charge on any atom is -0.314 e. The van der Waals surface area contributed by atoms with Crippen molar-refractivity contribution in [1.29, 1.82) is 0 Å². The lowest BCUT2D eigenvalue weighted by atomic mass is 9.98. The van der Waals surface area contributed by atoms with Gasteiger partial charge in [-0.15, -0.1) is 0 Å². The van der Waals surface area contributed by atoms with E-state index in [-0.39, 0.29) is 6.04 Å². The number of nitrogens with one attached hydrogen (secondary N) is 1. The van der Waals surface area contributed by atoms with Gasteiger partial charge in [-0.25, -0.2) is 13.2 Å². The van der Waals surface area contributed by atoms with E-state index in [1.165, 1.54) is 12.8 Å². The predicted molar refractivity (Wildman–Crippen MR) is 70.8 cm³/mol. The lowest BCUT2D eigenvalue weighted by Gasteiger charge is -2.35. The molecule has 1 aliphatic heterocycles. The van der Waals surface area contributed by atoms with Crippen LogP contribution in [0.4, 0.5) is 13.2 Å². The predicted octanol–water partition coefficient (Wildman–Crippen LogP) is 2.85. The lowest BCUT2D eigenvalue weighted by Crippen LogP contribution is -2.45. The summed E-state index contributed by atoms with van der Waals surface area (Å²) in [6, 6.07) is 2.32. The van der Waals surface area contributed by atoms with Crippen molar-refractivity contribution >= 4 is 0 Å². The van der Waals surface area contributed by atoms with Crippen molar-refractivity contribution < 1.29 is 13.2 Å². The summed E-state index contributed by atoms with van der Waals surface area (Å²) >= 11 is 0. The third-order valence-electron chi connectivity index (χ3n) is 4.24. The minimum absolute atomic E-state index is 0.00537. The van der Waals surface area contributed by atoms with Gasteiger partial charge in [0.15, 0.2) is 17.5 Å². The van der Waals surface area contributed by atoms with Crippen LogP contribution in [0.3, 0.4) is 0 Å². The fourth-order valence-corrected chi connectivity index (χ4v) is 2.93. The number of nitrogens with zero attached hydrogens (tertiary/aromatic N) is 1. The van der Waals surface area contributed by atoms with Crippen molar-refractivity contribution in [3.05, 3.63) is 35.1 Å². The van der Waals surface area contributed by atoms with Gasteiger partial charge in [-0.05, 0) is 30.0 Å². The van der Waals surface area contributed by atoms with Crippen molar-refractivity contribution in [3.8, 4) is 0 Å². The quantitative estimate of drug-likeness (QED) is 0.855. The van der Waals surface area contributed by atoms with Gasteiger partial charge in [0.1, 0.15) is 0 Å². The Balaban J connectivity index is 1.87. The minimum atomic E-state index is -1.38. The monoisotopic (exact) mass is 284 g/mol. The summed E-state index contributed by atoms with van der Waals surface area (Å²) < 4.78 is 40.1. The zero-order valence-electron chi connectivity index (χ0n) is 11.3. The summed E-state index contributed by atoms with van der Waals surface area (Å²) in [7, 11) is 0. The van der Waals surface area contributed by atoms with Crippen LogP contribution >= 0.6 is 0 Å². The molecule has 1 saturated heterocycles. The van der Waals surface area contributed by atoms with Gasteiger partial charge in [-0.1, -0.05) is 12.8 Å². The molecule has 1 N–H and O–H groups in total. The second-order valence-corrected chi connectivity index (χ2v) is 5.78. The summed E-state index contributed by atoms with van der Waals surface area (Å²) in [4.78, 5) is 2.25. The van der Waals surface area contributed by atoms with Gasteiger partial charge in [-0.3, -0.25) is 4.90 Å². The molecule has 1 atom stereocenters. The molecule has 2 aliphatic rings. The molecule has 0 bridgehead atoms. The fourth-order valence-electron chi connectivity index (χ4n) is 2.93. The fraction of sp³-hybridized carbons (Fsp3) is 0.600. The third-order valence-corrected chi connectivity index (χ3v) is 4.24. The highest BCUT2D eigenvalue weighted by Crippen LogP contribution is 2.40. The van der Waals surface area contributed by atoms with Crippen LogP contribution in [0.5, 0.6) is 0 Å². The molecule has 1 aromatic rings. The molecule has 1 aromatic carbocycles. The average Bonchev–Trinajstić information content (AvgIpc) is 3.27. The first kappa shape index (κ1) is 13.9. The smallest absolute Gasteiger partial charge is 0.194 e. The topological polar surface area (TPSA) is 15.3 Å². The standard InChI is InChI=1S/C15H19F3N2/c16-12-8-11(9-13(17)15(12)18)14(7-10-1-2-10)20-5-3-19-4-6-20/h8-10,14,19H,1-7H2/t14-/m1/s1. The van der Waals surface area contributed by atoms with Crippen molar-refractivity contribution in [3.63, 3.8) is 0 Å². The number of benzene rings is 1. The largest absolute Gasteiger partial charge is 0.314 e. The normalized spacial score (nSPS) is 21.9. The van der Waals surface area contributed by atoms with E-state index in [9.17, 15) is 13.2 Å². The average molecular weight is 284 g/mol. The molecular formula is C15H19F3N2. The van der Waals surface area contributed by atoms with E-state index in [0.717, 1.165) is 44.7 Å². The summed E-state index contributed by atoms with van der Waals surface area (Å²) in [5.41, 5.74) is 0.565. The number of hydrogen-bond donors (Lipinski definition) is 1. The zero-order valence-corrected chi connectivity index (χ0v) is 11.3. The Hall–Kier alpha value is -1.07. The molecule has 0 spiro atoms. The maximum atomic E-state index is 13.5. The van der Waals surface area contributed by atoms with Crippen LogP contribution in [0.2, 0.25) is 0 Å². The second kappa shape index (κ2) is 5.74. The van der Waals surface area contributed by atoms with Crippen LogP contribution in [0, 0.1) is 23.4 Å². The molecule has 110 valence electrons. The van der Waals surface area contributed by atoms with Crippen LogP contribution in [-0.4, -0.2) is 31.1 Å². The van der Waals surface area contributed by atoms with E-state index in [1.807, 2.05) is 0 Å². The van der Waals surface area contributed by atoms with E-state index in [1.54, 1.807) is 0 Å². The molecule has 0 aromatic heterocycles. The Morgan fingerprint density at radius 3 is 2.25 bits per heavy atom. The van der Waals surface area contributed by atoms with Crippen LogP contribution in [0.1, 0.15) is 30.9 Å². The summed E-state index contributed by atoms with van der Waals surface area (Å²) in [5, 5.41) is 3.27. The van der Waals surface area contributed by atoms with Crippen molar-refractivity contribution in [1.82, 2.24) is 10.2 Å². The SMILES string of the molecule is Fc1cc([C@@H](CC2CC2)N2CCNCC2)cc(F)c1F. The van der Waals surface area contributed by atoms with E-state index in [4.69, 9.17) is 0 Å². The maximum absolute atomic E-state index is 13.5. The number of halogens is 3. The number of piperazine rings is 1. The van der Waals surface area contributed by atoms with Gasteiger partial charge >= 0.3 is 0 Å². The van der Waals surface area contributed by atoms with Crippen LogP contribution in [0.25, 0.3) is 0 Å². The van der Waals surface area contributed by atoms with Gasteiger partial charge in [-0.2, -0.15) is 0 Å². The zero-order chi connectivity index (χ0) is 14.1. The highest BCUT2D eigenvalue weighted by molar-refractivity contribution is 5.23. The van der Waals surface area contributed by atoms with Gasteiger partial charge < -0.3 is 5.32 Å². The maximum Gasteiger partial charge on any atom is 0.194 e. The molecule has 20 heavy (non-hydrogen) atoms. The Morgan fingerprint density at radius 2 is 1.70 bits per heavy atom. The molecule has 0 amide bonds. The molecule has 0 unspecified atom stereocenters. The van der Waals surface area contributed by atoms with Gasteiger partial charge in [0.25, 0.3) is 0 Å². The molecule has 1 aliphatic carbocycles.